The SMILES string of the molecule is CCCCCCCCS(=O)(=O)Nc1nnc2c(=Cc3c(C(C)(C)C)[nH]n4c(NS(=O)(=O)CCCCCCCC)nnc34)c(C(C)(C)C)nn12. The zero-order valence-electron chi connectivity index (χ0n) is 30.6. The Balaban J connectivity index is 1.69. The van der Waals surface area contributed by atoms with Crippen molar-refractivity contribution in [1.82, 2.24) is 39.6 Å². The van der Waals surface area contributed by atoms with Gasteiger partial charge in [0.05, 0.1) is 17.2 Å². The van der Waals surface area contributed by atoms with Gasteiger partial charge in [0.1, 0.15) is 0 Å². The zero-order chi connectivity index (χ0) is 36.0. The summed E-state index contributed by atoms with van der Waals surface area (Å²) >= 11 is 0. The number of anilines is 2. The van der Waals surface area contributed by atoms with E-state index in [9.17, 15) is 16.8 Å². The minimum absolute atomic E-state index is 0.00387. The van der Waals surface area contributed by atoms with E-state index in [2.05, 4.69) is 48.8 Å². The summed E-state index contributed by atoms with van der Waals surface area (Å²) in [7, 11) is -7.31. The lowest BCUT2D eigenvalue weighted by Gasteiger charge is -2.18. The summed E-state index contributed by atoms with van der Waals surface area (Å²) in [6.45, 7) is 16.5. The molecule has 4 rings (SSSR count). The van der Waals surface area contributed by atoms with Crippen LogP contribution in [0.5, 0.6) is 0 Å². The Hall–Kier alpha value is -3.27. The number of sulfonamides is 2. The highest BCUT2D eigenvalue weighted by Gasteiger charge is 2.29. The van der Waals surface area contributed by atoms with Gasteiger partial charge in [0.15, 0.2) is 11.3 Å². The average Bonchev–Trinajstić information content (AvgIpc) is 3.75. The molecule has 4 heterocycles. The predicted octanol–water partition coefficient (Wildman–Crippen LogP) is 5.84. The first-order valence-electron chi connectivity index (χ1n) is 17.7. The fourth-order valence-electron chi connectivity index (χ4n) is 5.85. The normalized spacial score (nSPS) is 13.7. The molecule has 14 nitrogen and oxygen atoms in total. The Kier molecular flexibility index (Phi) is 12.4. The largest absolute Gasteiger partial charge is 0.293 e. The number of aromatic amines is 1. The van der Waals surface area contributed by atoms with Gasteiger partial charge in [-0.3, -0.25) is 5.10 Å². The monoisotopic (exact) mass is 720 g/mol. The number of nitrogens with one attached hydrogen (secondary N) is 3. The molecular formula is C33H56N10O4S2. The number of nitrogens with zero attached hydrogens (tertiary/aromatic N) is 7. The first-order valence-corrected chi connectivity index (χ1v) is 21.0. The van der Waals surface area contributed by atoms with Gasteiger partial charge in [-0.05, 0) is 18.9 Å². The van der Waals surface area contributed by atoms with Crippen molar-refractivity contribution in [3.05, 3.63) is 22.2 Å². The standard InChI is InChI=1S/C33H56N10O4S2/c1-9-11-13-15-17-19-21-48(44,45)40-30-36-34-28-24(26(32(3,4)5)38-42(28)30)23-25-27(33(6,7)8)39-43-29(25)35-37-31(43)41-49(46,47)22-20-18-16-14-12-10-2/h23,38H,9-22H2,1-8H3,(H,36,40)(H,37,41). The van der Waals surface area contributed by atoms with Crippen LogP contribution in [0.1, 0.15) is 149 Å². The molecule has 0 spiro atoms. The van der Waals surface area contributed by atoms with E-state index in [4.69, 9.17) is 5.10 Å². The lowest BCUT2D eigenvalue weighted by molar-refractivity contribution is 0.558. The molecule has 274 valence electrons. The number of unbranched alkanes of at least 4 members (excludes halogenated alkanes) is 10. The second-order valence-electron chi connectivity index (χ2n) is 15.1. The fourth-order valence-corrected chi connectivity index (χ4v) is 8.03. The third-order valence-corrected chi connectivity index (χ3v) is 11.1. The Labute approximate surface area is 291 Å². The van der Waals surface area contributed by atoms with Gasteiger partial charge >= 0.3 is 0 Å². The molecule has 4 aromatic rings. The maximum absolute atomic E-state index is 13.0. The van der Waals surface area contributed by atoms with Crippen LogP contribution in [0.3, 0.4) is 0 Å². The van der Waals surface area contributed by atoms with E-state index in [1.54, 1.807) is 4.52 Å². The molecule has 0 unspecified atom stereocenters. The zero-order valence-corrected chi connectivity index (χ0v) is 32.2. The third kappa shape index (κ3) is 9.92. The summed E-state index contributed by atoms with van der Waals surface area (Å²) in [5.74, 6) is 0.112. The molecule has 0 saturated carbocycles. The van der Waals surface area contributed by atoms with Crippen molar-refractivity contribution in [2.75, 3.05) is 20.9 Å². The predicted molar refractivity (Wildman–Crippen MR) is 196 cm³/mol. The molecule has 0 aliphatic rings. The smallest absolute Gasteiger partial charge is 0.259 e. The third-order valence-electron chi connectivity index (χ3n) is 8.51. The number of H-pyrrole nitrogens is 1. The molecule has 0 amide bonds. The summed E-state index contributed by atoms with van der Waals surface area (Å²) in [5, 5.41) is 25.9. The summed E-state index contributed by atoms with van der Waals surface area (Å²) < 4.78 is 60.2. The van der Waals surface area contributed by atoms with Gasteiger partial charge in [-0.25, -0.2) is 30.8 Å². The van der Waals surface area contributed by atoms with Crippen LogP contribution in [-0.2, 0) is 30.9 Å². The summed E-state index contributed by atoms with van der Waals surface area (Å²) in [5.41, 5.74) is 2.15. The van der Waals surface area contributed by atoms with Gasteiger partial charge in [-0.2, -0.15) is 9.61 Å². The van der Waals surface area contributed by atoms with E-state index in [-0.39, 0.29) is 23.4 Å². The van der Waals surface area contributed by atoms with Crippen molar-refractivity contribution in [2.45, 2.75) is 143 Å². The van der Waals surface area contributed by atoms with Gasteiger partial charge in [-0.1, -0.05) is 120 Å². The van der Waals surface area contributed by atoms with Crippen LogP contribution in [0.2, 0.25) is 0 Å². The molecule has 0 fully saturated rings. The van der Waals surface area contributed by atoms with Crippen molar-refractivity contribution in [1.29, 1.82) is 0 Å². The van der Waals surface area contributed by atoms with Crippen LogP contribution in [0.25, 0.3) is 17.4 Å². The summed E-state index contributed by atoms with van der Waals surface area (Å²) in [6.07, 6.45) is 13.6. The van der Waals surface area contributed by atoms with Crippen molar-refractivity contribution < 1.29 is 16.8 Å². The number of rotatable bonds is 19. The van der Waals surface area contributed by atoms with Crippen molar-refractivity contribution in [2.24, 2.45) is 0 Å². The van der Waals surface area contributed by atoms with Gasteiger partial charge in [0.25, 0.3) is 11.9 Å². The molecule has 0 bridgehead atoms. The summed E-state index contributed by atoms with van der Waals surface area (Å²) in [6, 6.07) is 0. The Morgan fingerprint density at radius 1 is 0.653 bits per heavy atom. The Morgan fingerprint density at radius 2 is 1.14 bits per heavy atom. The molecule has 0 atom stereocenters. The second kappa shape index (κ2) is 15.7. The van der Waals surface area contributed by atoms with E-state index < -0.39 is 30.9 Å². The lowest BCUT2D eigenvalue weighted by atomic mass is 9.88. The lowest BCUT2D eigenvalue weighted by Crippen LogP contribution is -2.23. The molecule has 4 aromatic heterocycles. The first kappa shape index (κ1) is 38.5. The Bertz CT molecular complexity index is 1960. The van der Waals surface area contributed by atoms with Crippen LogP contribution < -0.4 is 14.7 Å². The maximum atomic E-state index is 13.0. The van der Waals surface area contributed by atoms with Gasteiger partial charge < -0.3 is 0 Å². The van der Waals surface area contributed by atoms with Gasteiger partial charge in [0.2, 0.25) is 20.0 Å². The first-order chi connectivity index (χ1) is 23.0. The van der Waals surface area contributed by atoms with E-state index >= 15 is 0 Å². The maximum Gasteiger partial charge on any atom is 0.259 e. The van der Waals surface area contributed by atoms with Crippen molar-refractivity contribution >= 4 is 49.3 Å². The molecule has 0 radical (unpaired) electrons. The molecule has 3 N–H and O–H groups in total. The topological polar surface area (TPSA) is 181 Å². The van der Waals surface area contributed by atoms with E-state index in [1.807, 2.05) is 47.6 Å². The van der Waals surface area contributed by atoms with Crippen molar-refractivity contribution in [3.63, 3.8) is 0 Å². The van der Waals surface area contributed by atoms with E-state index in [0.717, 1.165) is 69.9 Å². The fraction of sp³-hybridized carbons (Fsp3) is 0.727. The molecule has 0 aliphatic heterocycles. The molecule has 0 aliphatic carbocycles. The molecule has 0 aromatic carbocycles. The Morgan fingerprint density at radius 3 is 1.67 bits per heavy atom. The molecule has 49 heavy (non-hydrogen) atoms. The summed E-state index contributed by atoms with van der Waals surface area (Å²) in [4.78, 5) is 0. The van der Waals surface area contributed by atoms with Gasteiger partial charge in [0, 0.05) is 27.3 Å². The molecule has 0 saturated heterocycles. The highest BCUT2D eigenvalue weighted by Crippen LogP contribution is 2.30. The van der Waals surface area contributed by atoms with E-state index in [0.29, 0.717) is 40.6 Å². The van der Waals surface area contributed by atoms with Crippen LogP contribution in [0.15, 0.2) is 0 Å². The minimum Gasteiger partial charge on any atom is -0.293 e. The quantitative estimate of drug-likeness (QED) is 0.100. The van der Waals surface area contributed by atoms with Crippen molar-refractivity contribution in [3.8, 4) is 0 Å². The number of hydrogen-bond acceptors (Lipinski definition) is 9. The second-order valence-corrected chi connectivity index (χ2v) is 18.8. The van der Waals surface area contributed by atoms with Gasteiger partial charge in [-0.15, -0.1) is 20.4 Å². The average molecular weight is 721 g/mol. The minimum atomic E-state index is -3.66. The molecular weight excluding hydrogens is 665 g/mol. The van der Waals surface area contributed by atoms with E-state index in [1.165, 1.54) is 4.52 Å². The number of fused-ring (bicyclic) bond motifs is 2. The van der Waals surface area contributed by atoms with Crippen LogP contribution in [0, 0.1) is 0 Å². The highest BCUT2D eigenvalue weighted by atomic mass is 32.2. The highest BCUT2D eigenvalue weighted by molar-refractivity contribution is 7.92. The number of aromatic nitrogens is 8. The van der Waals surface area contributed by atoms with Crippen LogP contribution in [-0.4, -0.2) is 68.0 Å². The molecule has 16 heteroatoms. The number of hydrogen-bond donors (Lipinski definition) is 3. The van der Waals surface area contributed by atoms with Crippen LogP contribution in [0.4, 0.5) is 11.9 Å². The van der Waals surface area contributed by atoms with Crippen LogP contribution >= 0.6 is 0 Å².